The van der Waals surface area contributed by atoms with Crippen LogP contribution in [0.15, 0.2) is 30.3 Å². The predicted molar refractivity (Wildman–Crippen MR) is 82.6 cm³/mol. The summed E-state index contributed by atoms with van der Waals surface area (Å²) in [5, 5.41) is 0. The topological polar surface area (TPSA) is 35.2 Å². The summed E-state index contributed by atoms with van der Waals surface area (Å²) >= 11 is 0. The molecular formula is C18H27NO. The van der Waals surface area contributed by atoms with Crippen LogP contribution >= 0.6 is 0 Å². The Bertz CT molecular complexity index is 479. The number of rotatable bonds is 3. The smallest absolute Gasteiger partial charge is 0.0677 e. The normalized spacial score (nSPS) is 35.8. The SMILES string of the molecule is CC1(C)CC(C(N)C2CC2c2ccccc2)C(C)(C)O1. The Morgan fingerprint density at radius 3 is 2.35 bits per heavy atom. The lowest BCUT2D eigenvalue weighted by atomic mass is 9.79. The van der Waals surface area contributed by atoms with Gasteiger partial charge in [0.05, 0.1) is 11.2 Å². The third-order valence-corrected chi connectivity index (χ3v) is 5.17. The molecule has 1 saturated heterocycles. The number of nitrogens with two attached hydrogens (primary N) is 1. The second kappa shape index (κ2) is 4.57. The quantitative estimate of drug-likeness (QED) is 0.911. The maximum Gasteiger partial charge on any atom is 0.0677 e. The van der Waals surface area contributed by atoms with Crippen molar-refractivity contribution in [2.75, 3.05) is 0 Å². The summed E-state index contributed by atoms with van der Waals surface area (Å²) in [5.74, 6) is 1.74. The van der Waals surface area contributed by atoms with Crippen molar-refractivity contribution in [2.24, 2.45) is 17.6 Å². The standard InChI is InChI=1S/C18H27NO/c1-17(2)11-15(18(3,4)20-17)16(19)14-10-13(14)12-8-6-5-7-9-12/h5-9,13-16H,10-11,19H2,1-4H3. The van der Waals surface area contributed by atoms with Crippen LogP contribution in [0.4, 0.5) is 0 Å². The van der Waals surface area contributed by atoms with E-state index in [0.29, 0.717) is 17.8 Å². The largest absolute Gasteiger partial charge is 0.369 e. The molecule has 0 radical (unpaired) electrons. The lowest BCUT2D eigenvalue weighted by molar-refractivity contribution is -0.0772. The molecule has 0 spiro atoms. The molecule has 20 heavy (non-hydrogen) atoms. The maximum absolute atomic E-state index is 6.63. The van der Waals surface area contributed by atoms with Crippen molar-refractivity contribution in [2.45, 2.75) is 63.7 Å². The van der Waals surface area contributed by atoms with E-state index in [4.69, 9.17) is 10.5 Å². The van der Waals surface area contributed by atoms with Gasteiger partial charge in [-0.25, -0.2) is 0 Å². The highest BCUT2D eigenvalue weighted by molar-refractivity contribution is 5.27. The van der Waals surface area contributed by atoms with Gasteiger partial charge in [0, 0.05) is 12.0 Å². The van der Waals surface area contributed by atoms with Gasteiger partial charge in [-0.3, -0.25) is 0 Å². The summed E-state index contributed by atoms with van der Waals surface area (Å²) in [6.07, 6.45) is 2.30. The third-order valence-electron chi connectivity index (χ3n) is 5.17. The molecule has 1 aromatic rings. The minimum Gasteiger partial charge on any atom is -0.369 e. The van der Waals surface area contributed by atoms with E-state index in [2.05, 4.69) is 58.0 Å². The van der Waals surface area contributed by atoms with Crippen LogP contribution in [-0.4, -0.2) is 17.2 Å². The first kappa shape index (κ1) is 14.1. The monoisotopic (exact) mass is 273 g/mol. The van der Waals surface area contributed by atoms with Crippen LogP contribution in [-0.2, 0) is 4.74 Å². The highest BCUT2D eigenvalue weighted by Crippen LogP contribution is 2.54. The zero-order valence-corrected chi connectivity index (χ0v) is 13.1. The first-order chi connectivity index (χ1) is 9.30. The Labute approximate surface area is 122 Å². The van der Waals surface area contributed by atoms with E-state index in [9.17, 15) is 0 Å². The molecule has 0 bridgehead atoms. The Kier molecular flexibility index (Phi) is 3.22. The second-order valence-corrected chi connectivity index (χ2v) is 7.77. The fraction of sp³-hybridized carbons (Fsp3) is 0.667. The van der Waals surface area contributed by atoms with Crippen molar-refractivity contribution in [3.63, 3.8) is 0 Å². The van der Waals surface area contributed by atoms with E-state index in [1.165, 1.54) is 12.0 Å². The highest BCUT2D eigenvalue weighted by Gasteiger charge is 2.54. The summed E-state index contributed by atoms with van der Waals surface area (Å²) in [7, 11) is 0. The van der Waals surface area contributed by atoms with E-state index in [1.807, 2.05) is 0 Å². The van der Waals surface area contributed by atoms with Crippen molar-refractivity contribution in [1.82, 2.24) is 0 Å². The van der Waals surface area contributed by atoms with Gasteiger partial charge in [0.15, 0.2) is 0 Å². The van der Waals surface area contributed by atoms with E-state index in [0.717, 1.165) is 6.42 Å². The first-order valence-corrected chi connectivity index (χ1v) is 7.81. The van der Waals surface area contributed by atoms with Gasteiger partial charge < -0.3 is 10.5 Å². The molecule has 110 valence electrons. The van der Waals surface area contributed by atoms with E-state index in [1.54, 1.807) is 0 Å². The van der Waals surface area contributed by atoms with Crippen molar-refractivity contribution in [3.8, 4) is 0 Å². The Morgan fingerprint density at radius 2 is 1.80 bits per heavy atom. The van der Waals surface area contributed by atoms with Crippen molar-refractivity contribution < 1.29 is 4.74 Å². The number of benzene rings is 1. The van der Waals surface area contributed by atoms with E-state index in [-0.39, 0.29) is 17.2 Å². The van der Waals surface area contributed by atoms with Gasteiger partial charge in [-0.05, 0) is 57.9 Å². The lowest BCUT2D eigenvalue weighted by Crippen LogP contribution is -2.42. The minimum absolute atomic E-state index is 0.0388. The molecule has 1 saturated carbocycles. The first-order valence-electron chi connectivity index (χ1n) is 7.81. The van der Waals surface area contributed by atoms with Gasteiger partial charge in [-0.2, -0.15) is 0 Å². The molecule has 2 nitrogen and oxygen atoms in total. The Balaban J connectivity index is 1.71. The zero-order valence-electron chi connectivity index (χ0n) is 13.1. The molecular weight excluding hydrogens is 246 g/mol. The van der Waals surface area contributed by atoms with Crippen molar-refractivity contribution in [1.29, 1.82) is 0 Å². The van der Waals surface area contributed by atoms with Gasteiger partial charge in [0.25, 0.3) is 0 Å². The van der Waals surface area contributed by atoms with Crippen molar-refractivity contribution >= 4 is 0 Å². The fourth-order valence-electron chi connectivity index (χ4n) is 4.23. The second-order valence-electron chi connectivity index (χ2n) is 7.77. The maximum atomic E-state index is 6.63. The highest BCUT2D eigenvalue weighted by atomic mass is 16.5. The average Bonchev–Trinajstić information content (AvgIpc) is 3.11. The average molecular weight is 273 g/mol. The summed E-state index contributed by atoms with van der Waals surface area (Å²) in [5.41, 5.74) is 7.93. The molecule has 2 N–H and O–H groups in total. The summed E-state index contributed by atoms with van der Waals surface area (Å²) < 4.78 is 6.21. The molecule has 1 aliphatic heterocycles. The summed E-state index contributed by atoms with van der Waals surface area (Å²) in [6, 6.07) is 11.0. The molecule has 1 aliphatic carbocycles. The number of hydrogen-bond acceptors (Lipinski definition) is 2. The molecule has 3 rings (SSSR count). The minimum atomic E-state index is -0.104. The molecule has 2 aliphatic rings. The van der Waals surface area contributed by atoms with Crippen LogP contribution in [0.25, 0.3) is 0 Å². The lowest BCUT2D eigenvalue weighted by Gasteiger charge is -2.31. The molecule has 1 aromatic carbocycles. The van der Waals surface area contributed by atoms with Crippen molar-refractivity contribution in [3.05, 3.63) is 35.9 Å². The molecule has 4 atom stereocenters. The van der Waals surface area contributed by atoms with Gasteiger partial charge in [-0.15, -0.1) is 0 Å². The van der Waals surface area contributed by atoms with Crippen LogP contribution in [0, 0.1) is 11.8 Å². The van der Waals surface area contributed by atoms with Crippen LogP contribution < -0.4 is 5.73 Å². The van der Waals surface area contributed by atoms with Crippen LogP contribution in [0.2, 0.25) is 0 Å². The molecule has 2 heteroatoms. The molecule has 4 unspecified atom stereocenters. The molecule has 0 aromatic heterocycles. The molecule has 1 heterocycles. The molecule has 0 amide bonds. The van der Waals surface area contributed by atoms with Gasteiger partial charge in [-0.1, -0.05) is 30.3 Å². The van der Waals surface area contributed by atoms with Crippen LogP contribution in [0.3, 0.4) is 0 Å². The zero-order chi connectivity index (χ0) is 14.5. The third kappa shape index (κ3) is 2.51. The predicted octanol–water partition coefficient (Wildman–Crippen LogP) is 3.71. The van der Waals surface area contributed by atoms with Crippen LogP contribution in [0.5, 0.6) is 0 Å². The number of hydrogen-bond donors (Lipinski definition) is 1. The Morgan fingerprint density at radius 1 is 1.15 bits per heavy atom. The van der Waals surface area contributed by atoms with E-state index >= 15 is 0 Å². The van der Waals surface area contributed by atoms with Gasteiger partial charge >= 0.3 is 0 Å². The van der Waals surface area contributed by atoms with Crippen LogP contribution in [0.1, 0.15) is 52.0 Å². The summed E-state index contributed by atoms with van der Waals surface area (Å²) in [4.78, 5) is 0. The Hall–Kier alpha value is -0.860. The molecule has 2 fully saturated rings. The van der Waals surface area contributed by atoms with Gasteiger partial charge in [0.2, 0.25) is 0 Å². The van der Waals surface area contributed by atoms with E-state index < -0.39 is 0 Å². The van der Waals surface area contributed by atoms with Gasteiger partial charge in [0.1, 0.15) is 0 Å². The fourth-order valence-corrected chi connectivity index (χ4v) is 4.23. The number of ether oxygens (including phenoxy) is 1. The summed E-state index contributed by atoms with van der Waals surface area (Å²) in [6.45, 7) is 8.77.